The molecule has 0 radical (unpaired) electrons. The van der Waals surface area contributed by atoms with Crippen LogP contribution in [0.1, 0.15) is 56.8 Å². The van der Waals surface area contributed by atoms with Crippen molar-refractivity contribution in [3.8, 4) is 0 Å². The summed E-state index contributed by atoms with van der Waals surface area (Å²) in [6, 6.07) is 1.61. The van der Waals surface area contributed by atoms with Crippen LogP contribution in [0.4, 0.5) is 10.5 Å². The number of nitrogens with zero attached hydrogens (tertiary/aromatic N) is 2. The maximum Gasteiger partial charge on any atom is 0.340 e. The van der Waals surface area contributed by atoms with Gasteiger partial charge < -0.3 is 15.0 Å². The van der Waals surface area contributed by atoms with Gasteiger partial charge in [-0.05, 0) is 45.7 Å². The average Bonchev–Trinajstić information content (AvgIpc) is 2.91. The summed E-state index contributed by atoms with van der Waals surface area (Å²) in [7, 11) is -4.03. The van der Waals surface area contributed by atoms with Gasteiger partial charge in [0.25, 0.3) is 15.9 Å². The molecule has 3 amide bonds. The number of anilines is 1. The Labute approximate surface area is 191 Å². The zero-order valence-electron chi connectivity index (χ0n) is 18.0. The third-order valence-corrected chi connectivity index (χ3v) is 6.61. The number of benzene rings is 1. The Hall–Kier alpha value is -2.66. The third kappa shape index (κ3) is 5.21. The Morgan fingerprint density at radius 2 is 1.88 bits per heavy atom. The van der Waals surface area contributed by atoms with E-state index in [2.05, 4.69) is 15.0 Å². The lowest BCUT2D eigenvalue weighted by molar-refractivity contribution is -0.127. The van der Waals surface area contributed by atoms with Crippen molar-refractivity contribution in [3.63, 3.8) is 0 Å². The topological polar surface area (TPSA) is 134 Å². The molecule has 174 valence electrons. The highest BCUT2D eigenvalue weighted by molar-refractivity contribution is 7.90. The summed E-state index contributed by atoms with van der Waals surface area (Å²) in [6.45, 7) is 5.32. The molecule has 1 unspecified atom stereocenters. The van der Waals surface area contributed by atoms with Crippen molar-refractivity contribution in [1.29, 1.82) is 0 Å². The van der Waals surface area contributed by atoms with E-state index in [0.29, 0.717) is 24.5 Å². The molecule has 2 aliphatic heterocycles. The minimum absolute atomic E-state index is 0.0143. The number of ether oxygens (including phenoxy) is 1. The van der Waals surface area contributed by atoms with Gasteiger partial charge in [-0.1, -0.05) is 18.0 Å². The van der Waals surface area contributed by atoms with Gasteiger partial charge in [0.2, 0.25) is 0 Å². The molecule has 0 bridgehead atoms. The molecule has 0 spiro atoms. The first-order valence-corrected chi connectivity index (χ1v) is 12.1. The average molecular weight is 485 g/mol. The Balaban J connectivity index is 1.83. The van der Waals surface area contributed by atoms with Gasteiger partial charge in [0.05, 0.1) is 16.3 Å². The number of urea groups is 1. The highest BCUT2D eigenvalue weighted by Gasteiger charge is 2.34. The lowest BCUT2D eigenvalue weighted by Crippen LogP contribution is -2.46. The molecule has 0 aliphatic carbocycles. The van der Waals surface area contributed by atoms with E-state index >= 15 is 0 Å². The number of hydrogen-bond donors (Lipinski definition) is 2. The van der Waals surface area contributed by atoms with Crippen molar-refractivity contribution in [3.05, 3.63) is 22.7 Å². The standard InChI is InChI=1S/C20H25ClN4O6S/c1-11(2)22-20(28)23-18(26)12(3)31-19(27)13-9-16-15(10-14(13)21)25-8-6-4-5-7-17(25)24-32(16,29)30/h9-12H,4-8H2,1-3H3,(H2,22,23,26,28). The van der Waals surface area contributed by atoms with Gasteiger partial charge in [0, 0.05) is 19.0 Å². The Morgan fingerprint density at radius 1 is 1.16 bits per heavy atom. The molecule has 1 saturated heterocycles. The number of rotatable bonds is 4. The van der Waals surface area contributed by atoms with Crippen molar-refractivity contribution in [2.24, 2.45) is 4.40 Å². The van der Waals surface area contributed by atoms with Gasteiger partial charge in [-0.15, -0.1) is 4.40 Å². The van der Waals surface area contributed by atoms with Crippen molar-refractivity contribution in [1.82, 2.24) is 10.6 Å². The van der Waals surface area contributed by atoms with E-state index in [1.54, 1.807) is 13.8 Å². The summed E-state index contributed by atoms with van der Waals surface area (Å²) < 4.78 is 34.5. The van der Waals surface area contributed by atoms with E-state index in [1.165, 1.54) is 13.0 Å². The van der Waals surface area contributed by atoms with Crippen LogP contribution in [0.15, 0.2) is 21.4 Å². The van der Waals surface area contributed by atoms with Crippen LogP contribution in [0.3, 0.4) is 0 Å². The lowest BCUT2D eigenvalue weighted by atomic mass is 10.1. The zero-order chi connectivity index (χ0) is 23.6. The van der Waals surface area contributed by atoms with Crippen LogP contribution in [0.25, 0.3) is 0 Å². The summed E-state index contributed by atoms with van der Waals surface area (Å²) in [5.74, 6) is -1.37. The number of sulfonamides is 1. The number of amidine groups is 1. The lowest BCUT2D eigenvalue weighted by Gasteiger charge is -2.30. The molecule has 2 heterocycles. The van der Waals surface area contributed by atoms with E-state index < -0.39 is 34.0 Å². The SMILES string of the molecule is CC(C)NC(=O)NC(=O)C(C)OC(=O)c1cc2c(cc1Cl)N1CCCCCC1=NS2(=O)=O. The molecule has 2 aliphatic rings. The third-order valence-electron chi connectivity index (χ3n) is 4.97. The first-order chi connectivity index (χ1) is 15.0. The first kappa shape index (κ1) is 24.0. The van der Waals surface area contributed by atoms with Crippen LogP contribution in [-0.4, -0.2) is 50.9 Å². The van der Waals surface area contributed by atoms with Gasteiger partial charge in [0.15, 0.2) is 6.10 Å². The van der Waals surface area contributed by atoms with Gasteiger partial charge in [0.1, 0.15) is 10.7 Å². The number of hydrogen-bond acceptors (Lipinski definition) is 7. The fourth-order valence-electron chi connectivity index (χ4n) is 3.44. The second-order valence-electron chi connectivity index (χ2n) is 7.91. The number of esters is 1. The summed E-state index contributed by atoms with van der Waals surface area (Å²) in [5.41, 5.74) is 0.156. The van der Waals surface area contributed by atoms with Crippen molar-refractivity contribution in [2.45, 2.75) is 63.5 Å². The van der Waals surface area contributed by atoms with Gasteiger partial charge in [-0.3, -0.25) is 10.1 Å². The number of amides is 3. The van der Waals surface area contributed by atoms with E-state index in [0.717, 1.165) is 25.3 Å². The molecule has 3 rings (SSSR count). The summed E-state index contributed by atoms with van der Waals surface area (Å²) >= 11 is 6.30. The molecule has 1 fully saturated rings. The molecule has 10 nitrogen and oxygen atoms in total. The zero-order valence-corrected chi connectivity index (χ0v) is 19.5. The largest absolute Gasteiger partial charge is 0.449 e. The maximum absolute atomic E-state index is 12.7. The molecule has 1 aromatic rings. The smallest absolute Gasteiger partial charge is 0.340 e. The fourth-order valence-corrected chi connectivity index (χ4v) is 4.94. The van der Waals surface area contributed by atoms with E-state index in [1.807, 2.05) is 4.90 Å². The van der Waals surface area contributed by atoms with Crippen molar-refractivity contribution < 1.29 is 27.5 Å². The molecule has 12 heteroatoms. The number of nitrogens with one attached hydrogen (secondary N) is 2. The normalized spacial score (nSPS) is 17.9. The van der Waals surface area contributed by atoms with Crippen LogP contribution in [0, 0.1) is 0 Å². The quantitative estimate of drug-likeness (QED) is 0.627. The number of imide groups is 1. The fraction of sp³-hybridized carbons (Fsp3) is 0.500. The monoisotopic (exact) mass is 484 g/mol. The predicted molar refractivity (Wildman–Crippen MR) is 119 cm³/mol. The van der Waals surface area contributed by atoms with Crippen LogP contribution in [0.2, 0.25) is 5.02 Å². The summed E-state index contributed by atoms with van der Waals surface area (Å²) in [5, 5.41) is 4.53. The molecular formula is C20H25ClN4O6S. The predicted octanol–water partition coefficient (Wildman–Crippen LogP) is 2.60. The minimum atomic E-state index is -4.03. The Bertz CT molecular complexity index is 1090. The molecule has 32 heavy (non-hydrogen) atoms. The molecule has 1 aromatic carbocycles. The van der Waals surface area contributed by atoms with Crippen LogP contribution in [0.5, 0.6) is 0 Å². The van der Waals surface area contributed by atoms with E-state index in [-0.39, 0.29) is 21.5 Å². The molecule has 1 atom stereocenters. The molecule has 0 aromatic heterocycles. The maximum atomic E-state index is 12.7. The Morgan fingerprint density at radius 3 is 2.56 bits per heavy atom. The number of halogens is 1. The van der Waals surface area contributed by atoms with Crippen molar-refractivity contribution in [2.75, 3.05) is 11.4 Å². The van der Waals surface area contributed by atoms with Crippen LogP contribution < -0.4 is 15.5 Å². The van der Waals surface area contributed by atoms with Gasteiger partial charge >= 0.3 is 12.0 Å². The summed E-state index contributed by atoms with van der Waals surface area (Å²) in [6.07, 6.45) is 1.89. The molecular weight excluding hydrogens is 460 g/mol. The summed E-state index contributed by atoms with van der Waals surface area (Å²) in [4.78, 5) is 38.1. The number of fused-ring (bicyclic) bond motifs is 3. The van der Waals surface area contributed by atoms with E-state index in [9.17, 15) is 22.8 Å². The number of carbonyl (C=O) groups excluding carboxylic acids is 3. The van der Waals surface area contributed by atoms with Gasteiger partial charge in [-0.25, -0.2) is 9.59 Å². The Kier molecular flexibility index (Phi) is 7.09. The number of carbonyl (C=O) groups is 3. The van der Waals surface area contributed by atoms with Crippen LogP contribution >= 0.6 is 11.6 Å². The van der Waals surface area contributed by atoms with Crippen molar-refractivity contribution >= 4 is 51.1 Å². The highest BCUT2D eigenvalue weighted by Crippen LogP contribution is 2.38. The minimum Gasteiger partial charge on any atom is -0.449 e. The second kappa shape index (κ2) is 9.45. The molecule has 2 N–H and O–H groups in total. The van der Waals surface area contributed by atoms with Crippen LogP contribution in [-0.2, 0) is 19.6 Å². The van der Waals surface area contributed by atoms with Gasteiger partial charge in [-0.2, -0.15) is 8.42 Å². The first-order valence-electron chi connectivity index (χ1n) is 10.3. The second-order valence-corrected chi connectivity index (χ2v) is 9.89. The van der Waals surface area contributed by atoms with E-state index in [4.69, 9.17) is 16.3 Å². The highest BCUT2D eigenvalue weighted by atomic mass is 35.5. The molecule has 0 saturated carbocycles.